The summed E-state index contributed by atoms with van der Waals surface area (Å²) in [7, 11) is -4.17. The number of nitrogens with zero attached hydrogens (tertiary/aromatic N) is 1. The summed E-state index contributed by atoms with van der Waals surface area (Å²) in [5.41, 5.74) is 0. The van der Waals surface area contributed by atoms with Crippen molar-refractivity contribution in [3.05, 3.63) is 28.5 Å². The Hall–Kier alpha value is -0.990. The van der Waals surface area contributed by atoms with Crippen molar-refractivity contribution in [1.82, 2.24) is 4.31 Å². The molecule has 0 bridgehead atoms. The average molecular weight is 380 g/mol. The molecule has 0 aliphatic heterocycles. The van der Waals surface area contributed by atoms with Gasteiger partial charge in [-0.1, -0.05) is 28.8 Å². The Morgan fingerprint density at radius 1 is 1.38 bits per heavy atom. The summed E-state index contributed by atoms with van der Waals surface area (Å²) in [4.78, 5) is 10.5. The predicted octanol–water partition coefficient (Wildman–Crippen LogP) is 2.61. The van der Waals surface area contributed by atoms with Gasteiger partial charge < -0.3 is 5.11 Å². The minimum absolute atomic E-state index is 0.380. The maximum atomic E-state index is 13.9. The van der Waals surface area contributed by atoms with Gasteiger partial charge in [0.05, 0.1) is 0 Å². The largest absolute Gasteiger partial charge is 0.480 e. The number of sulfonamides is 1. The maximum absolute atomic E-state index is 13.9. The van der Waals surface area contributed by atoms with Crippen LogP contribution in [-0.2, 0) is 14.8 Å². The van der Waals surface area contributed by atoms with E-state index >= 15 is 0 Å². The minimum Gasteiger partial charge on any atom is -0.480 e. The maximum Gasteiger partial charge on any atom is 0.318 e. The highest BCUT2D eigenvalue weighted by atomic mass is 79.9. The van der Waals surface area contributed by atoms with Gasteiger partial charge in [0.2, 0.25) is 10.0 Å². The first-order valence-corrected chi connectivity index (χ1v) is 8.74. The Labute approximate surface area is 130 Å². The molecule has 0 atom stereocenters. The highest BCUT2D eigenvalue weighted by Gasteiger charge is 2.36. The normalized spacial score (nSPS) is 16.5. The van der Waals surface area contributed by atoms with Gasteiger partial charge in [-0.2, -0.15) is 4.31 Å². The number of carbonyl (C=O) groups is 1. The number of carboxylic acids is 1. The van der Waals surface area contributed by atoms with E-state index in [4.69, 9.17) is 5.11 Å². The Bertz CT molecular complexity index is 644. The average Bonchev–Trinajstić information content (AvgIpc) is 2.88. The number of halogens is 2. The first kappa shape index (κ1) is 16.4. The summed E-state index contributed by atoms with van der Waals surface area (Å²) in [6.07, 6.45) is 2.90. The highest BCUT2D eigenvalue weighted by Crippen LogP contribution is 2.30. The van der Waals surface area contributed by atoms with Crippen molar-refractivity contribution in [3.63, 3.8) is 0 Å². The number of benzene rings is 1. The fourth-order valence-electron chi connectivity index (χ4n) is 2.55. The number of carboxylic acid groups (broad SMARTS) is 1. The number of rotatable bonds is 5. The molecule has 1 aliphatic carbocycles. The van der Waals surface area contributed by atoms with Gasteiger partial charge in [0.25, 0.3) is 0 Å². The van der Waals surface area contributed by atoms with Crippen LogP contribution >= 0.6 is 15.9 Å². The molecule has 0 unspecified atom stereocenters. The molecule has 0 spiro atoms. The van der Waals surface area contributed by atoms with Gasteiger partial charge in [0, 0.05) is 10.5 Å². The second-order valence-electron chi connectivity index (χ2n) is 4.96. The van der Waals surface area contributed by atoms with Crippen LogP contribution in [0, 0.1) is 5.82 Å². The zero-order valence-corrected chi connectivity index (χ0v) is 13.5. The monoisotopic (exact) mass is 379 g/mol. The predicted molar refractivity (Wildman–Crippen MR) is 77.9 cm³/mol. The number of aliphatic carboxylic acids is 1. The van der Waals surface area contributed by atoms with E-state index < -0.39 is 33.3 Å². The van der Waals surface area contributed by atoms with Crippen molar-refractivity contribution in [3.8, 4) is 0 Å². The molecule has 0 saturated heterocycles. The molecule has 1 aromatic rings. The zero-order valence-electron chi connectivity index (χ0n) is 11.1. The van der Waals surface area contributed by atoms with Crippen LogP contribution < -0.4 is 0 Å². The van der Waals surface area contributed by atoms with Gasteiger partial charge in [-0.3, -0.25) is 4.79 Å². The molecule has 1 aromatic carbocycles. The van der Waals surface area contributed by atoms with Crippen LogP contribution in [0.3, 0.4) is 0 Å². The first-order chi connectivity index (χ1) is 9.82. The van der Waals surface area contributed by atoms with Crippen molar-refractivity contribution in [1.29, 1.82) is 0 Å². The van der Waals surface area contributed by atoms with Crippen molar-refractivity contribution in [2.45, 2.75) is 36.6 Å². The van der Waals surface area contributed by atoms with Crippen molar-refractivity contribution in [2.75, 3.05) is 6.54 Å². The Kier molecular flexibility index (Phi) is 5.00. The second kappa shape index (κ2) is 6.41. The van der Waals surface area contributed by atoms with E-state index in [-0.39, 0.29) is 6.04 Å². The molecule has 0 aromatic heterocycles. The molecule has 8 heteroatoms. The number of hydrogen-bond acceptors (Lipinski definition) is 3. The molecule has 1 aliphatic rings. The van der Waals surface area contributed by atoms with E-state index in [0.717, 1.165) is 29.3 Å². The van der Waals surface area contributed by atoms with Crippen LogP contribution in [0.15, 0.2) is 27.6 Å². The summed E-state index contributed by atoms with van der Waals surface area (Å²) >= 11 is 3.06. The third kappa shape index (κ3) is 3.61. The molecule has 0 heterocycles. The zero-order chi connectivity index (χ0) is 15.6. The van der Waals surface area contributed by atoms with Gasteiger partial charge >= 0.3 is 5.97 Å². The van der Waals surface area contributed by atoms with E-state index in [9.17, 15) is 17.6 Å². The van der Waals surface area contributed by atoms with Crippen LogP contribution in [0.2, 0.25) is 0 Å². The van der Waals surface area contributed by atoms with Crippen LogP contribution in [0.25, 0.3) is 0 Å². The SMILES string of the molecule is O=C(O)CN(C1CCCC1)S(=O)(=O)c1ccc(Br)cc1F. The summed E-state index contributed by atoms with van der Waals surface area (Å²) in [5, 5.41) is 8.96. The standard InChI is InChI=1S/C13H15BrFNO4S/c14-9-5-6-12(11(15)7-9)21(19,20)16(8-13(17)18)10-3-1-2-4-10/h5-7,10H,1-4,8H2,(H,17,18). The summed E-state index contributed by atoms with van der Waals surface area (Å²) in [6.45, 7) is -0.650. The smallest absolute Gasteiger partial charge is 0.318 e. The first-order valence-electron chi connectivity index (χ1n) is 6.51. The van der Waals surface area contributed by atoms with Crippen LogP contribution in [0.4, 0.5) is 4.39 Å². The molecule has 21 heavy (non-hydrogen) atoms. The fraction of sp³-hybridized carbons (Fsp3) is 0.462. The second-order valence-corrected chi connectivity index (χ2v) is 7.73. The lowest BCUT2D eigenvalue weighted by atomic mass is 10.2. The molecule has 2 rings (SSSR count). The van der Waals surface area contributed by atoms with E-state index in [1.54, 1.807) is 0 Å². The Morgan fingerprint density at radius 2 is 2.00 bits per heavy atom. The van der Waals surface area contributed by atoms with Crippen molar-refractivity contribution in [2.24, 2.45) is 0 Å². The van der Waals surface area contributed by atoms with Gasteiger partial charge in [-0.15, -0.1) is 0 Å². The minimum atomic E-state index is -4.17. The van der Waals surface area contributed by atoms with Crippen molar-refractivity contribution < 1.29 is 22.7 Å². The van der Waals surface area contributed by atoms with Gasteiger partial charge in [0.15, 0.2) is 0 Å². The lowest BCUT2D eigenvalue weighted by Crippen LogP contribution is -2.42. The Morgan fingerprint density at radius 3 is 2.52 bits per heavy atom. The Balaban J connectivity index is 2.43. The molecular formula is C13H15BrFNO4S. The molecule has 1 saturated carbocycles. The van der Waals surface area contributed by atoms with Crippen LogP contribution in [0.5, 0.6) is 0 Å². The molecule has 0 amide bonds. The van der Waals surface area contributed by atoms with E-state index in [0.29, 0.717) is 17.3 Å². The lowest BCUT2D eigenvalue weighted by Gasteiger charge is -2.26. The summed E-state index contributed by atoms with van der Waals surface area (Å²) in [5.74, 6) is -2.14. The third-order valence-corrected chi connectivity index (χ3v) is 5.93. The summed E-state index contributed by atoms with van der Waals surface area (Å²) in [6, 6.07) is 3.25. The van der Waals surface area contributed by atoms with E-state index in [1.165, 1.54) is 6.07 Å². The molecule has 116 valence electrons. The summed E-state index contributed by atoms with van der Waals surface area (Å²) < 4.78 is 40.5. The molecule has 0 radical (unpaired) electrons. The molecule has 5 nitrogen and oxygen atoms in total. The van der Waals surface area contributed by atoms with E-state index in [1.807, 2.05) is 0 Å². The van der Waals surface area contributed by atoms with Crippen LogP contribution in [-0.4, -0.2) is 36.4 Å². The van der Waals surface area contributed by atoms with Crippen molar-refractivity contribution >= 4 is 31.9 Å². The number of hydrogen-bond donors (Lipinski definition) is 1. The molecular weight excluding hydrogens is 365 g/mol. The highest BCUT2D eigenvalue weighted by molar-refractivity contribution is 9.10. The quantitative estimate of drug-likeness (QED) is 0.852. The van der Waals surface area contributed by atoms with Crippen LogP contribution in [0.1, 0.15) is 25.7 Å². The molecule has 1 N–H and O–H groups in total. The lowest BCUT2D eigenvalue weighted by molar-refractivity contribution is -0.137. The fourth-order valence-corrected chi connectivity index (χ4v) is 4.56. The topological polar surface area (TPSA) is 74.7 Å². The van der Waals surface area contributed by atoms with Gasteiger partial charge in [-0.25, -0.2) is 12.8 Å². The van der Waals surface area contributed by atoms with Gasteiger partial charge in [-0.05, 0) is 31.0 Å². The molecule has 1 fully saturated rings. The third-order valence-electron chi connectivity index (χ3n) is 3.50. The van der Waals surface area contributed by atoms with E-state index in [2.05, 4.69) is 15.9 Å². The van der Waals surface area contributed by atoms with Gasteiger partial charge in [0.1, 0.15) is 17.3 Å².